The minimum absolute atomic E-state index is 0.0387. The number of nitriles is 1. The maximum atomic E-state index is 11.9. The minimum atomic E-state index is -4.30. The second-order valence-electron chi connectivity index (χ2n) is 3.20. The summed E-state index contributed by atoms with van der Waals surface area (Å²) in [7, 11) is 0. The Labute approximate surface area is 95.4 Å². The molecule has 17 heavy (non-hydrogen) atoms. The number of rotatable bonds is 4. The minimum Gasteiger partial charge on any atom is -0.492 e. The van der Waals surface area contributed by atoms with Crippen molar-refractivity contribution in [3.63, 3.8) is 0 Å². The van der Waals surface area contributed by atoms with Crippen molar-refractivity contribution in [1.82, 2.24) is 0 Å². The van der Waals surface area contributed by atoms with E-state index in [1.807, 2.05) is 0 Å². The number of carbonyl (C=O) groups is 1. The van der Waals surface area contributed by atoms with E-state index in [1.165, 1.54) is 18.2 Å². The molecule has 0 unspecified atom stereocenters. The summed E-state index contributed by atoms with van der Waals surface area (Å²) in [6.07, 6.45) is -4.84. The van der Waals surface area contributed by atoms with E-state index in [0.29, 0.717) is 6.29 Å². The summed E-state index contributed by atoms with van der Waals surface area (Å²) in [5, 5.41) is 8.73. The highest BCUT2D eigenvalue weighted by Gasteiger charge is 2.27. The van der Waals surface area contributed by atoms with Crippen LogP contribution in [0.4, 0.5) is 13.2 Å². The molecule has 0 bridgehead atoms. The Bertz CT molecular complexity index is 449. The van der Waals surface area contributed by atoms with Gasteiger partial charge in [-0.05, 0) is 18.2 Å². The van der Waals surface area contributed by atoms with Crippen LogP contribution in [0.1, 0.15) is 22.3 Å². The van der Waals surface area contributed by atoms with Crippen LogP contribution >= 0.6 is 0 Å². The van der Waals surface area contributed by atoms with Crippen LogP contribution < -0.4 is 4.74 Å². The zero-order valence-corrected chi connectivity index (χ0v) is 8.62. The normalized spacial score (nSPS) is 10.7. The molecule has 0 fully saturated rings. The van der Waals surface area contributed by atoms with Crippen molar-refractivity contribution < 1.29 is 22.7 Å². The number of halogens is 3. The van der Waals surface area contributed by atoms with Crippen LogP contribution in [0.5, 0.6) is 5.75 Å². The van der Waals surface area contributed by atoms with Gasteiger partial charge in [0.25, 0.3) is 0 Å². The zero-order chi connectivity index (χ0) is 12.9. The van der Waals surface area contributed by atoms with E-state index in [1.54, 1.807) is 6.07 Å². The fraction of sp³-hybridized carbons (Fsp3) is 0.273. The van der Waals surface area contributed by atoms with Crippen molar-refractivity contribution >= 4 is 6.29 Å². The van der Waals surface area contributed by atoms with Crippen LogP contribution in [-0.2, 0) is 0 Å². The lowest BCUT2D eigenvalue weighted by atomic mass is 10.1. The molecule has 0 heterocycles. The third-order valence-electron chi connectivity index (χ3n) is 1.90. The molecule has 0 radical (unpaired) electrons. The van der Waals surface area contributed by atoms with Crippen molar-refractivity contribution in [3.05, 3.63) is 29.3 Å². The van der Waals surface area contributed by atoms with Crippen molar-refractivity contribution in [2.24, 2.45) is 0 Å². The lowest BCUT2D eigenvalue weighted by Gasteiger charge is -2.09. The van der Waals surface area contributed by atoms with Crippen LogP contribution in [-0.4, -0.2) is 19.1 Å². The highest BCUT2D eigenvalue weighted by Crippen LogP contribution is 2.22. The van der Waals surface area contributed by atoms with Gasteiger partial charge in [0, 0.05) is 5.56 Å². The van der Waals surface area contributed by atoms with Crippen LogP contribution in [0, 0.1) is 11.3 Å². The molecule has 6 heteroatoms. The van der Waals surface area contributed by atoms with E-state index in [4.69, 9.17) is 10.00 Å². The van der Waals surface area contributed by atoms with Crippen LogP contribution in [0.15, 0.2) is 18.2 Å². The molecule has 0 aliphatic rings. The quantitative estimate of drug-likeness (QED) is 0.764. The molecule has 1 aromatic carbocycles. The predicted octanol–water partition coefficient (Wildman–Crippen LogP) is 2.70. The number of benzene rings is 1. The van der Waals surface area contributed by atoms with Gasteiger partial charge in [-0.2, -0.15) is 18.4 Å². The molecule has 0 aromatic heterocycles. The van der Waals surface area contributed by atoms with Gasteiger partial charge in [0.15, 0.2) is 0 Å². The van der Waals surface area contributed by atoms with Gasteiger partial charge in [-0.25, -0.2) is 0 Å². The third-order valence-corrected chi connectivity index (χ3v) is 1.90. The molecule has 0 amide bonds. The lowest BCUT2D eigenvalue weighted by molar-refractivity contribution is -0.139. The van der Waals surface area contributed by atoms with Gasteiger partial charge in [0.05, 0.1) is 18.6 Å². The maximum Gasteiger partial charge on any atom is 0.392 e. The summed E-state index contributed by atoms with van der Waals surface area (Å²) in [6.45, 7) is -0.557. The van der Waals surface area contributed by atoms with Crippen molar-refractivity contribution in [3.8, 4) is 11.8 Å². The number of ether oxygens (including phenoxy) is 1. The van der Waals surface area contributed by atoms with E-state index in [2.05, 4.69) is 0 Å². The molecule has 90 valence electrons. The maximum absolute atomic E-state index is 11.9. The highest BCUT2D eigenvalue weighted by atomic mass is 19.4. The van der Waals surface area contributed by atoms with Crippen molar-refractivity contribution in [1.29, 1.82) is 5.26 Å². The van der Waals surface area contributed by atoms with Gasteiger partial charge < -0.3 is 4.74 Å². The number of nitrogens with zero attached hydrogens (tertiary/aromatic N) is 1. The van der Waals surface area contributed by atoms with Crippen LogP contribution in [0.3, 0.4) is 0 Å². The lowest BCUT2D eigenvalue weighted by Crippen LogP contribution is -2.13. The molecule has 1 aromatic rings. The van der Waals surface area contributed by atoms with Crippen molar-refractivity contribution in [2.75, 3.05) is 6.61 Å². The molecule has 0 saturated heterocycles. The first-order valence-corrected chi connectivity index (χ1v) is 4.65. The molecule has 0 aliphatic heterocycles. The zero-order valence-electron chi connectivity index (χ0n) is 8.62. The molecule has 0 aliphatic carbocycles. The van der Waals surface area contributed by atoms with Gasteiger partial charge >= 0.3 is 6.18 Å². The number of aldehydes is 1. The fourth-order valence-electron chi connectivity index (χ4n) is 1.11. The van der Waals surface area contributed by atoms with Crippen LogP contribution in [0.25, 0.3) is 0 Å². The SMILES string of the molecule is N#Cc1cc(C=O)ccc1OCCC(F)(F)F. The van der Waals surface area contributed by atoms with Crippen molar-refractivity contribution in [2.45, 2.75) is 12.6 Å². The first-order valence-electron chi connectivity index (χ1n) is 4.65. The van der Waals surface area contributed by atoms with E-state index >= 15 is 0 Å². The summed E-state index contributed by atoms with van der Waals surface area (Å²) < 4.78 is 40.4. The fourth-order valence-corrected chi connectivity index (χ4v) is 1.11. The van der Waals surface area contributed by atoms with Gasteiger partial charge in [-0.3, -0.25) is 4.79 Å². The first kappa shape index (κ1) is 13.0. The van der Waals surface area contributed by atoms with E-state index in [9.17, 15) is 18.0 Å². The van der Waals surface area contributed by atoms with Gasteiger partial charge in [-0.15, -0.1) is 0 Å². The Morgan fingerprint density at radius 3 is 2.65 bits per heavy atom. The Hall–Kier alpha value is -2.03. The first-order chi connectivity index (χ1) is 7.96. The van der Waals surface area contributed by atoms with E-state index < -0.39 is 19.2 Å². The second-order valence-corrected chi connectivity index (χ2v) is 3.20. The smallest absolute Gasteiger partial charge is 0.392 e. The highest BCUT2D eigenvalue weighted by molar-refractivity contribution is 5.76. The number of hydrogen-bond donors (Lipinski definition) is 0. The van der Waals surface area contributed by atoms with E-state index in [-0.39, 0.29) is 16.9 Å². The summed E-state index contributed by atoms with van der Waals surface area (Å²) >= 11 is 0. The second kappa shape index (κ2) is 5.34. The molecule has 0 atom stereocenters. The molecule has 1 rings (SSSR count). The average molecular weight is 243 g/mol. The number of carbonyl (C=O) groups excluding carboxylic acids is 1. The Balaban J connectivity index is 2.72. The Morgan fingerprint density at radius 2 is 2.12 bits per heavy atom. The number of hydrogen-bond acceptors (Lipinski definition) is 3. The third kappa shape index (κ3) is 4.15. The summed E-state index contributed by atoms with van der Waals surface area (Å²) in [5.74, 6) is 0.0438. The Morgan fingerprint density at radius 1 is 1.41 bits per heavy atom. The molecular weight excluding hydrogens is 235 g/mol. The number of alkyl halides is 3. The molecule has 0 N–H and O–H groups in total. The molecule has 0 saturated carbocycles. The standard InChI is InChI=1S/C11H8F3NO2/c12-11(13,14)3-4-17-10-2-1-8(7-16)5-9(10)6-15/h1-2,5,7H,3-4H2. The molecule has 0 spiro atoms. The molecule has 3 nitrogen and oxygen atoms in total. The summed E-state index contributed by atoms with van der Waals surface area (Å²) in [5.41, 5.74) is 0.307. The van der Waals surface area contributed by atoms with Gasteiger partial charge in [0.1, 0.15) is 18.1 Å². The van der Waals surface area contributed by atoms with Gasteiger partial charge in [0.2, 0.25) is 0 Å². The van der Waals surface area contributed by atoms with E-state index in [0.717, 1.165) is 0 Å². The van der Waals surface area contributed by atoms with Gasteiger partial charge in [-0.1, -0.05) is 0 Å². The van der Waals surface area contributed by atoms with Crippen LogP contribution in [0.2, 0.25) is 0 Å². The monoisotopic (exact) mass is 243 g/mol. The molecular formula is C11H8F3NO2. The topological polar surface area (TPSA) is 50.1 Å². The summed E-state index contributed by atoms with van der Waals surface area (Å²) in [4.78, 5) is 10.4. The largest absolute Gasteiger partial charge is 0.492 e. The average Bonchev–Trinajstić information content (AvgIpc) is 2.27. The Kier molecular flexibility index (Phi) is 4.10. The predicted molar refractivity (Wildman–Crippen MR) is 52.7 cm³/mol. The summed E-state index contributed by atoms with van der Waals surface area (Å²) in [6, 6.07) is 5.69.